The van der Waals surface area contributed by atoms with Crippen LogP contribution in [0.3, 0.4) is 0 Å². The number of amides is 1. The van der Waals surface area contributed by atoms with E-state index < -0.39 is 4.92 Å². The summed E-state index contributed by atoms with van der Waals surface area (Å²) in [6.45, 7) is 2.12. The Morgan fingerprint density at radius 2 is 2.22 bits per heavy atom. The molecule has 1 N–H and O–H groups in total. The Kier molecular flexibility index (Phi) is 7.40. The molecule has 0 saturated heterocycles. The van der Waals surface area contributed by atoms with Gasteiger partial charge in [0.1, 0.15) is 0 Å². The number of carbonyl (C=O) groups excluding carboxylic acids is 1. The Bertz CT molecular complexity index is 607. The first-order valence-corrected chi connectivity index (χ1v) is 7.02. The van der Waals surface area contributed by atoms with Crippen molar-refractivity contribution in [2.24, 2.45) is 0 Å². The number of carbonyl (C=O) groups is 1. The van der Waals surface area contributed by atoms with Gasteiger partial charge in [0.2, 0.25) is 5.91 Å². The molecule has 0 spiro atoms. The van der Waals surface area contributed by atoms with E-state index in [1.54, 1.807) is 19.4 Å². The molecule has 0 bridgehead atoms. The molecule has 7 nitrogen and oxygen atoms in total. The van der Waals surface area contributed by atoms with E-state index in [1.165, 1.54) is 13.2 Å². The second-order valence-corrected chi connectivity index (χ2v) is 4.54. The van der Waals surface area contributed by atoms with Crippen LogP contribution in [0.5, 0.6) is 11.5 Å². The van der Waals surface area contributed by atoms with E-state index in [-0.39, 0.29) is 36.9 Å². The van der Waals surface area contributed by atoms with Gasteiger partial charge in [-0.05, 0) is 18.9 Å². The van der Waals surface area contributed by atoms with Crippen molar-refractivity contribution in [3.05, 3.63) is 34.2 Å². The summed E-state index contributed by atoms with van der Waals surface area (Å²) in [6.07, 6.45) is 7.38. The van der Waals surface area contributed by atoms with E-state index in [9.17, 15) is 14.9 Å². The van der Waals surface area contributed by atoms with Crippen LogP contribution in [-0.4, -0.2) is 31.1 Å². The normalized spacial score (nSPS) is 9.78. The highest BCUT2D eigenvalue weighted by atomic mass is 16.6. The molecule has 123 valence electrons. The van der Waals surface area contributed by atoms with Crippen molar-refractivity contribution in [3.63, 3.8) is 0 Å². The second kappa shape index (κ2) is 9.30. The molecule has 1 amide bonds. The summed E-state index contributed by atoms with van der Waals surface area (Å²) in [5.41, 5.74) is 0.392. The minimum absolute atomic E-state index is 0.0601. The molecule has 1 aromatic carbocycles. The fourth-order valence-electron chi connectivity index (χ4n) is 1.88. The zero-order chi connectivity index (χ0) is 17.2. The summed E-state index contributed by atoms with van der Waals surface area (Å²) < 4.78 is 10.7. The summed E-state index contributed by atoms with van der Waals surface area (Å²) in [6, 6.07) is 2.87. The quantitative estimate of drug-likeness (QED) is 0.326. The van der Waals surface area contributed by atoms with E-state index in [4.69, 9.17) is 15.9 Å². The predicted octanol–water partition coefficient (Wildman–Crippen LogP) is 2.08. The van der Waals surface area contributed by atoms with Crippen LogP contribution in [0.15, 0.2) is 12.1 Å². The first kappa shape index (κ1) is 18.3. The molecule has 1 aromatic rings. The summed E-state index contributed by atoms with van der Waals surface area (Å²) in [4.78, 5) is 22.0. The van der Waals surface area contributed by atoms with E-state index in [2.05, 4.69) is 11.2 Å². The van der Waals surface area contributed by atoms with E-state index >= 15 is 0 Å². The minimum atomic E-state index is -0.477. The van der Waals surface area contributed by atoms with Crippen LogP contribution in [-0.2, 0) is 4.79 Å². The molecule has 23 heavy (non-hydrogen) atoms. The van der Waals surface area contributed by atoms with Gasteiger partial charge in [-0.25, -0.2) is 0 Å². The van der Waals surface area contributed by atoms with Crippen LogP contribution in [0.1, 0.15) is 25.3 Å². The molecular weight excluding hydrogens is 300 g/mol. The third-order valence-electron chi connectivity index (χ3n) is 3.01. The zero-order valence-corrected chi connectivity index (χ0v) is 13.1. The smallest absolute Gasteiger partial charge is 0.276 e. The van der Waals surface area contributed by atoms with Gasteiger partial charge in [0.25, 0.3) is 5.69 Å². The van der Waals surface area contributed by atoms with Gasteiger partial charge in [0.05, 0.1) is 31.3 Å². The molecular formula is C16H19N2O5. The number of nitro groups is 1. The van der Waals surface area contributed by atoms with Gasteiger partial charge in [-0.15, -0.1) is 6.42 Å². The maximum absolute atomic E-state index is 11.4. The zero-order valence-electron chi connectivity index (χ0n) is 13.1. The van der Waals surface area contributed by atoms with Crippen LogP contribution in [0.4, 0.5) is 5.69 Å². The Hall–Kier alpha value is -2.75. The number of ether oxygens (including phenoxy) is 2. The fourth-order valence-corrected chi connectivity index (χ4v) is 1.88. The number of hydrogen-bond acceptors (Lipinski definition) is 5. The number of benzene rings is 1. The highest BCUT2D eigenvalue weighted by Gasteiger charge is 2.18. The molecule has 0 saturated carbocycles. The molecule has 1 rings (SSSR count). The summed E-state index contributed by atoms with van der Waals surface area (Å²) in [5.74, 6) is 2.82. The lowest BCUT2D eigenvalue weighted by atomic mass is 10.1. The molecule has 0 aliphatic carbocycles. The van der Waals surface area contributed by atoms with Gasteiger partial charge < -0.3 is 14.8 Å². The number of hydrogen-bond donors (Lipinski definition) is 1. The van der Waals surface area contributed by atoms with Crippen molar-refractivity contribution in [2.45, 2.75) is 19.8 Å². The highest BCUT2D eigenvalue weighted by Crippen LogP contribution is 2.35. The third-order valence-corrected chi connectivity index (χ3v) is 3.01. The van der Waals surface area contributed by atoms with Crippen molar-refractivity contribution in [1.29, 1.82) is 0 Å². The number of nitro benzene ring substituents is 1. The topological polar surface area (TPSA) is 90.7 Å². The van der Waals surface area contributed by atoms with Gasteiger partial charge in [-0.2, -0.15) is 0 Å². The molecule has 0 fully saturated rings. The van der Waals surface area contributed by atoms with E-state index in [1.807, 2.05) is 0 Å². The van der Waals surface area contributed by atoms with Crippen LogP contribution < -0.4 is 14.8 Å². The molecule has 0 aliphatic rings. The van der Waals surface area contributed by atoms with Crippen molar-refractivity contribution in [3.8, 4) is 23.8 Å². The molecule has 0 aromatic heterocycles. The molecule has 0 atom stereocenters. The van der Waals surface area contributed by atoms with Gasteiger partial charge in [0, 0.05) is 12.0 Å². The summed E-state index contributed by atoms with van der Waals surface area (Å²) in [7, 11) is 1.46. The molecule has 1 radical (unpaired) electrons. The number of nitrogens with one attached hydrogen (secondary N) is 1. The number of nitrogens with zero attached hydrogens (tertiary/aromatic N) is 1. The maximum Gasteiger partial charge on any atom is 0.276 e. The predicted molar refractivity (Wildman–Crippen MR) is 85.3 cm³/mol. The monoisotopic (exact) mass is 319 g/mol. The van der Waals surface area contributed by atoms with Gasteiger partial charge in [0.15, 0.2) is 11.5 Å². The van der Waals surface area contributed by atoms with Crippen molar-refractivity contribution >= 4 is 11.6 Å². The van der Waals surface area contributed by atoms with Crippen molar-refractivity contribution in [2.75, 3.05) is 20.3 Å². The second-order valence-electron chi connectivity index (χ2n) is 4.54. The Morgan fingerprint density at radius 1 is 1.48 bits per heavy atom. The maximum atomic E-state index is 11.4. The Labute approximate surface area is 135 Å². The Balaban J connectivity index is 2.69. The minimum Gasteiger partial charge on any atom is -0.493 e. The highest BCUT2D eigenvalue weighted by molar-refractivity contribution is 5.76. The lowest BCUT2D eigenvalue weighted by Gasteiger charge is -2.12. The standard InChI is InChI=1S/C16H19N2O5/c1-4-8-17-16(19)7-6-9-23-15-11-13(18(20)21)12(5-2)10-14(15)22-3/h1,5,10-11H,6-9H2,2-3H3,(H,17,19). The average Bonchev–Trinajstić information content (AvgIpc) is 2.55. The van der Waals surface area contributed by atoms with Crippen molar-refractivity contribution in [1.82, 2.24) is 5.32 Å². The van der Waals surface area contributed by atoms with Gasteiger partial charge >= 0.3 is 0 Å². The molecule has 0 unspecified atom stereocenters. The summed E-state index contributed by atoms with van der Waals surface area (Å²) >= 11 is 0. The van der Waals surface area contributed by atoms with E-state index in [0.717, 1.165) is 0 Å². The Morgan fingerprint density at radius 3 is 2.78 bits per heavy atom. The van der Waals surface area contributed by atoms with E-state index in [0.29, 0.717) is 17.7 Å². The van der Waals surface area contributed by atoms with Gasteiger partial charge in [-0.1, -0.05) is 12.8 Å². The van der Waals surface area contributed by atoms with Crippen molar-refractivity contribution < 1.29 is 19.2 Å². The number of methoxy groups -OCH3 is 1. The van der Waals surface area contributed by atoms with Crippen LogP contribution >= 0.6 is 0 Å². The van der Waals surface area contributed by atoms with Crippen LogP contribution in [0.25, 0.3) is 0 Å². The average molecular weight is 319 g/mol. The summed E-state index contributed by atoms with van der Waals surface area (Å²) in [5, 5.41) is 13.6. The largest absolute Gasteiger partial charge is 0.493 e. The first-order valence-electron chi connectivity index (χ1n) is 7.02. The number of terminal acetylenes is 1. The van der Waals surface area contributed by atoms with Gasteiger partial charge in [-0.3, -0.25) is 14.9 Å². The van der Waals surface area contributed by atoms with Crippen LogP contribution in [0, 0.1) is 28.9 Å². The first-order chi connectivity index (χ1) is 11.0. The van der Waals surface area contributed by atoms with Crippen LogP contribution in [0.2, 0.25) is 0 Å². The SMILES string of the molecule is C#CCNC(=O)CCCOc1cc([N+](=O)[O-])c([CH]C)cc1OC. The fraction of sp³-hybridized carbons (Fsp3) is 0.375. The molecule has 0 aliphatic heterocycles. The lowest BCUT2D eigenvalue weighted by molar-refractivity contribution is -0.385. The number of rotatable bonds is 9. The molecule has 0 heterocycles. The lowest BCUT2D eigenvalue weighted by Crippen LogP contribution is -2.23. The third kappa shape index (κ3) is 5.51. The molecule has 7 heteroatoms.